The van der Waals surface area contributed by atoms with Gasteiger partial charge < -0.3 is 5.32 Å². The van der Waals surface area contributed by atoms with Crippen molar-refractivity contribution < 1.29 is 4.79 Å². The number of allylic oxidation sites excluding steroid dienone is 3. The Hall–Kier alpha value is -1.94. The van der Waals surface area contributed by atoms with Crippen LogP contribution in [0.4, 0.5) is 5.82 Å². The number of carbonyl (C=O) groups is 1. The van der Waals surface area contributed by atoms with Crippen LogP contribution in [0, 0.1) is 5.92 Å². The van der Waals surface area contributed by atoms with Gasteiger partial charge in [0.1, 0.15) is 11.6 Å². The van der Waals surface area contributed by atoms with Gasteiger partial charge in [0.15, 0.2) is 0 Å². The van der Waals surface area contributed by atoms with Crippen LogP contribution in [0.3, 0.4) is 0 Å². The van der Waals surface area contributed by atoms with Crippen LogP contribution < -0.4 is 5.32 Å². The zero-order valence-corrected chi connectivity index (χ0v) is 14.8. The Balaban J connectivity index is 1.79. The topological polar surface area (TPSA) is 54.4 Å². The monoisotopic (exact) mass is 343 g/mol. The van der Waals surface area contributed by atoms with Crippen molar-refractivity contribution in [2.75, 3.05) is 5.32 Å². The van der Waals surface area contributed by atoms with E-state index in [1.807, 2.05) is 19.1 Å². The van der Waals surface area contributed by atoms with Crippen molar-refractivity contribution in [2.24, 2.45) is 10.9 Å². The number of carbonyl (C=O) groups excluding carboxylic acids is 1. The number of hydrogen-bond donors (Lipinski definition) is 1. The van der Waals surface area contributed by atoms with Crippen molar-refractivity contribution in [3.05, 3.63) is 41.1 Å². The Morgan fingerprint density at radius 3 is 2.96 bits per heavy atom. The third-order valence-corrected chi connectivity index (χ3v) is 4.90. The summed E-state index contributed by atoms with van der Waals surface area (Å²) in [5.74, 6) is 1.25. The van der Waals surface area contributed by atoms with E-state index >= 15 is 0 Å². The van der Waals surface area contributed by atoms with E-state index in [-0.39, 0.29) is 17.7 Å². The number of nitrogens with one attached hydrogen (secondary N) is 1. The molecule has 1 N–H and O–H groups in total. The predicted molar refractivity (Wildman–Crippen MR) is 99.5 cm³/mol. The minimum Gasteiger partial charge on any atom is -0.367 e. The fourth-order valence-corrected chi connectivity index (χ4v) is 3.47. The summed E-state index contributed by atoms with van der Waals surface area (Å²) >= 11 is 6.35. The van der Waals surface area contributed by atoms with Gasteiger partial charge in [0.05, 0.1) is 10.7 Å². The molecule has 0 aromatic carbocycles. The largest absolute Gasteiger partial charge is 0.367 e. The molecule has 3 rings (SSSR count). The Morgan fingerprint density at radius 1 is 1.38 bits per heavy atom. The van der Waals surface area contributed by atoms with Gasteiger partial charge in [0, 0.05) is 29.4 Å². The number of hydrogen-bond acceptors (Lipinski definition) is 4. The SMILES string of the molecule is CC(=O)C1CCC(Nc2cc(C3=CCC=CC(C)=N3)c(Cl)cn2)C1. The molecule has 1 aliphatic heterocycles. The molecule has 0 saturated heterocycles. The summed E-state index contributed by atoms with van der Waals surface area (Å²) in [4.78, 5) is 20.5. The van der Waals surface area contributed by atoms with Gasteiger partial charge in [-0.3, -0.25) is 9.79 Å². The van der Waals surface area contributed by atoms with Crippen LogP contribution in [0.15, 0.2) is 35.5 Å². The van der Waals surface area contributed by atoms with Gasteiger partial charge in [-0.05, 0) is 51.7 Å². The fraction of sp³-hybridized carbons (Fsp3) is 0.421. The van der Waals surface area contributed by atoms with Gasteiger partial charge in [0.2, 0.25) is 0 Å². The molecule has 2 atom stereocenters. The fourth-order valence-electron chi connectivity index (χ4n) is 3.27. The quantitative estimate of drug-likeness (QED) is 0.864. The highest BCUT2D eigenvalue weighted by atomic mass is 35.5. The van der Waals surface area contributed by atoms with Crippen LogP contribution >= 0.6 is 11.6 Å². The standard InChI is InChI=1S/C19H22ClN3O/c1-12-5-3-4-6-18(22-12)16-10-19(21-11-17(16)20)23-15-8-7-14(9-15)13(2)24/h3,5-6,10-11,14-15H,4,7-9H2,1-2H3,(H,21,23). The number of aromatic nitrogens is 1. The maximum absolute atomic E-state index is 11.5. The maximum atomic E-state index is 11.5. The number of rotatable bonds is 4. The number of ketones is 1. The highest BCUT2D eigenvalue weighted by Crippen LogP contribution is 2.31. The molecule has 2 heterocycles. The number of aliphatic imine (C=N–C) groups is 1. The molecule has 1 aromatic heterocycles. The summed E-state index contributed by atoms with van der Waals surface area (Å²) in [6.45, 7) is 3.66. The molecule has 0 spiro atoms. The van der Waals surface area contributed by atoms with Crippen molar-refractivity contribution in [3.8, 4) is 0 Å². The Morgan fingerprint density at radius 2 is 2.21 bits per heavy atom. The van der Waals surface area contributed by atoms with Crippen LogP contribution in [-0.2, 0) is 4.79 Å². The predicted octanol–water partition coefficient (Wildman–Crippen LogP) is 4.67. The molecular weight excluding hydrogens is 322 g/mol. The average molecular weight is 344 g/mol. The summed E-state index contributed by atoms with van der Waals surface area (Å²) in [7, 11) is 0. The normalized spacial score (nSPS) is 23.5. The average Bonchev–Trinajstić information content (AvgIpc) is 2.90. The zero-order chi connectivity index (χ0) is 17.1. The maximum Gasteiger partial charge on any atom is 0.132 e. The molecule has 2 unspecified atom stereocenters. The highest BCUT2D eigenvalue weighted by Gasteiger charge is 2.27. The molecule has 24 heavy (non-hydrogen) atoms. The first kappa shape index (κ1) is 16.9. The van der Waals surface area contributed by atoms with E-state index in [0.29, 0.717) is 5.02 Å². The second-order valence-electron chi connectivity index (χ2n) is 6.49. The van der Waals surface area contributed by atoms with E-state index < -0.39 is 0 Å². The van der Waals surface area contributed by atoms with Crippen LogP contribution in [0.2, 0.25) is 5.02 Å². The van der Waals surface area contributed by atoms with Gasteiger partial charge in [-0.2, -0.15) is 0 Å². The van der Waals surface area contributed by atoms with E-state index in [1.54, 1.807) is 13.1 Å². The zero-order valence-electron chi connectivity index (χ0n) is 14.1. The van der Waals surface area contributed by atoms with Crippen LogP contribution in [0.1, 0.15) is 45.1 Å². The Bertz CT molecular complexity index is 736. The van der Waals surface area contributed by atoms with Crippen molar-refractivity contribution in [3.63, 3.8) is 0 Å². The summed E-state index contributed by atoms with van der Waals surface area (Å²) in [5.41, 5.74) is 2.72. The Labute approximate surface area is 147 Å². The second-order valence-corrected chi connectivity index (χ2v) is 6.90. The van der Waals surface area contributed by atoms with E-state index in [0.717, 1.165) is 48.5 Å². The van der Waals surface area contributed by atoms with Crippen molar-refractivity contribution in [2.45, 2.75) is 45.6 Å². The molecule has 126 valence electrons. The first-order chi connectivity index (χ1) is 11.5. The summed E-state index contributed by atoms with van der Waals surface area (Å²) in [6.07, 6.45) is 11.5. The minimum atomic E-state index is 0.178. The molecule has 4 nitrogen and oxygen atoms in total. The molecule has 0 radical (unpaired) electrons. The number of nitrogens with zero attached hydrogens (tertiary/aromatic N) is 2. The van der Waals surface area contributed by atoms with Crippen molar-refractivity contribution in [1.29, 1.82) is 0 Å². The smallest absolute Gasteiger partial charge is 0.132 e. The molecular formula is C19H22ClN3O. The van der Waals surface area contributed by atoms with Crippen LogP contribution in [-0.4, -0.2) is 22.5 Å². The summed E-state index contributed by atoms with van der Waals surface area (Å²) in [5, 5.41) is 4.04. The second kappa shape index (κ2) is 7.31. The molecule has 1 fully saturated rings. The number of halogens is 1. The lowest BCUT2D eigenvalue weighted by Gasteiger charge is -2.15. The van der Waals surface area contributed by atoms with Crippen molar-refractivity contribution in [1.82, 2.24) is 4.98 Å². The summed E-state index contributed by atoms with van der Waals surface area (Å²) in [6, 6.07) is 2.24. The molecule has 1 saturated carbocycles. The Kier molecular flexibility index (Phi) is 5.14. The third kappa shape index (κ3) is 3.93. The lowest BCUT2D eigenvalue weighted by Crippen LogP contribution is -2.18. The van der Waals surface area contributed by atoms with Gasteiger partial charge in [-0.15, -0.1) is 0 Å². The lowest BCUT2D eigenvalue weighted by molar-refractivity contribution is -0.120. The highest BCUT2D eigenvalue weighted by molar-refractivity contribution is 6.32. The molecule has 1 aliphatic carbocycles. The number of Topliss-reactive ketones (excluding diaryl/α,β-unsaturated/α-hetero) is 1. The molecule has 5 heteroatoms. The number of pyridine rings is 1. The van der Waals surface area contributed by atoms with Gasteiger partial charge in [-0.1, -0.05) is 23.8 Å². The van der Waals surface area contributed by atoms with Gasteiger partial charge >= 0.3 is 0 Å². The van der Waals surface area contributed by atoms with Crippen LogP contribution in [0.25, 0.3) is 5.70 Å². The number of anilines is 1. The van der Waals surface area contributed by atoms with Crippen molar-refractivity contribution >= 4 is 34.6 Å². The summed E-state index contributed by atoms with van der Waals surface area (Å²) < 4.78 is 0. The molecule has 2 aliphatic rings. The first-order valence-electron chi connectivity index (χ1n) is 8.38. The van der Waals surface area contributed by atoms with E-state index in [1.165, 1.54) is 0 Å². The molecule has 1 aromatic rings. The van der Waals surface area contributed by atoms with E-state index in [9.17, 15) is 4.79 Å². The minimum absolute atomic E-state index is 0.178. The molecule has 0 amide bonds. The van der Waals surface area contributed by atoms with E-state index in [2.05, 4.69) is 27.4 Å². The van der Waals surface area contributed by atoms with Gasteiger partial charge in [-0.25, -0.2) is 4.98 Å². The molecule has 0 bridgehead atoms. The third-order valence-electron chi connectivity index (χ3n) is 4.59. The van der Waals surface area contributed by atoms with Gasteiger partial charge in [0.25, 0.3) is 0 Å². The lowest BCUT2D eigenvalue weighted by atomic mass is 10.0. The van der Waals surface area contributed by atoms with Crippen LogP contribution in [0.5, 0.6) is 0 Å². The van der Waals surface area contributed by atoms with E-state index in [4.69, 9.17) is 11.6 Å². The first-order valence-corrected chi connectivity index (χ1v) is 8.75.